The summed E-state index contributed by atoms with van der Waals surface area (Å²) in [7, 11) is 0. The minimum atomic E-state index is -1.17. The fourth-order valence-electron chi connectivity index (χ4n) is 1.32. The van der Waals surface area contributed by atoms with E-state index in [1.54, 1.807) is 0 Å². The number of carbonyl (C=O) groups is 1. The van der Waals surface area contributed by atoms with Crippen LogP contribution in [0.25, 0.3) is 0 Å². The van der Waals surface area contributed by atoms with Crippen molar-refractivity contribution < 1.29 is 9.90 Å². The molecule has 1 aliphatic carbocycles. The molecule has 10 heavy (non-hydrogen) atoms. The Morgan fingerprint density at radius 2 is 2.00 bits per heavy atom. The van der Waals surface area contributed by atoms with E-state index < -0.39 is 11.5 Å². The van der Waals surface area contributed by atoms with E-state index in [0.29, 0.717) is 12.8 Å². The second-order valence-electron chi connectivity index (χ2n) is 2.71. The van der Waals surface area contributed by atoms with Gasteiger partial charge in [0.05, 0.1) is 0 Å². The third kappa shape index (κ3) is 1.12. The summed E-state index contributed by atoms with van der Waals surface area (Å²) in [5, 5.41) is 9.47. The summed E-state index contributed by atoms with van der Waals surface area (Å²) >= 11 is 0. The Balaban J connectivity index is 2.58. The van der Waals surface area contributed by atoms with Crippen LogP contribution >= 0.6 is 0 Å². The largest absolute Gasteiger partial charge is 0.380 e. The molecule has 0 aromatic rings. The third-order valence-corrected chi connectivity index (χ3v) is 1.98. The Hall–Kier alpha value is -0.610. The Morgan fingerprint density at radius 3 is 2.40 bits per heavy atom. The van der Waals surface area contributed by atoms with E-state index in [2.05, 4.69) is 0 Å². The molecule has 0 aliphatic heterocycles. The number of hydrogen-bond acceptors (Lipinski definition) is 3. The lowest BCUT2D eigenvalue weighted by Crippen LogP contribution is -2.47. The topological polar surface area (TPSA) is 75.3 Å². The number of rotatable bonds is 1. The molecule has 0 bridgehead atoms. The molecule has 0 aromatic heterocycles. The van der Waals surface area contributed by atoms with E-state index in [9.17, 15) is 9.90 Å². The summed E-state index contributed by atoms with van der Waals surface area (Å²) in [6.45, 7) is 0. The maximum Gasteiger partial charge on any atom is 0.265 e. The zero-order chi connectivity index (χ0) is 7.61. The van der Waals surface area contributed by atoms with Gasteiger partial charge < -0.3 is 5.11 Å². The average Bonchev–Trinajstić information content (AvgIpc) is 2.36. The second kappa shape index (κ2) is 2.56. The van der Waals surface area contributed by atoms with Gasteiger partial charge >= 0.3 is 0 Å². The zero-order valence-electron chi connectivity index (χ0n) is 5.76. The Kier molecular flexibility index (Phi) is 1.92. The number of amides is 1. The van der Waals surface area contributed by atoms with Crippen molar-refractivity contribution in [2.75, 3.05) is 0 Å². The predicted molar refractivity (Wildman–Crippen MR) is 35.7 cm³/mol. The Bertz CT molecular complexity index is 141. The van der Waals surface area contributed by atoms with Gasteiger partial charge in [-0.1, -0.05) is 0 Å². The monoisotopic (exact) mass is 144 g/mol. The summed E-state index contributed by atoms with van der Waals surface area (Å²) in [4.78, 5) is 10.8. The van der Waals surface area contributed by atoms with Crippen LogP contribution in [0.2, 0.25) is 0 Å². The van der Waals surface area contributed by atoms with Gasteiger partial charge in [0.2, 0.25) is 0 Å². The zero-order valence-corrected chi connectivity index (χ0v) is 5.76. The lowest BCUT2D eigenvalue weighted by atomic mass is 10.0. The molecule has 1 fully saturated rings. The van der Waals surface area contributed by atoms with E-state index in [0.717, 1.165) is 12.8 Å². The number of nitrogens with two attached hydrogens (primary N) is 1. The second-order valence-corrected chi connectivity index (χ2v) is 2.71. The first-order valence-corrected chi connectivity index (χ1v) is 3.42. The lowest BCUT2D eigenvalue weighted by molar-refractivity contribution is -0.139. The summed E-state index contributed by atoms with van der Waals surface area (Å²) in [5.41, 5.74) is 0.787. The molecule has 4 heteroatoms. The van der Waals surface area contributed by atoms with Crippen molar-refractivity contribution in [1.29, 1.82) is 0 Å². The van der Waals surface area contributed by atoms with Gasteiger partial charge in [-0.3, -0.25) is 10.2 Å². The van der Waals surface area contributed by atoms with Gasteiger partial charge in [-0.15, -0.1) is 0 Å². The normalized spacial score (nSPS) is 22.6. The number of carbonyl (C=O) groups excluding carboxylic acids is 1. The fourth-order valence-corrected chi connectivity index (χ4v) is 1.32. The van der Waals surface area contributed by atoms with Crippen LogP contribution in [0, 0.1) is 0 Å². The number of aliphatic hydroxyl groups is 1. The van der Waals surface area contributed by atoms with Gasteiger partial charge in [0, 0.05) is 0 Å². The van der Waals surface area contributed by atoms with Gasteiger partial charge in [0.25, 0.3) is 5.91 Å². The van der Waals surface area contributed by atoms with Crippen molar-refractivity contribution in [3.05, 3.63) is 0 Å². The van der Waals surface area contributed by atoms with Crippen molar-refractivity contribution in [1.82, 2.24) is 5.43 Å². The molecule has 4 nitrogen and oxygen atoms in total. The fraction of sp³-hybridized carbons (Fsp3) is 0.833. The molecule has 1 amide bonds. The van der Waals surface area contributed by atoms with E-state index in [4.69, 9.17) is 5.84 Å². The van der Waals surface area contributed by atoms with E-state index in [1.165, 1.54) is 0 Å². The Labute approximate surface area is 59.4 Å². The third-order valence-electron chi connectivity index (χ3n) is 1.98. The molecule has 0 radical (unpaired) electrons. The maximum absolute atomic E-state index is 10.8. The molecule has 58 valence electrons. The van der Waals surface area contributed by atoms with Gasteiger partial charge in [-0.05, 0) is 25.7 Å². The minimum absolute atomic E-state index is 0.454. The first-order valence-electron chi connectivity index (χ1n) is 3.42. The van der Waals surface area contributed by atoms with Crippen molar-refractivity contribution >= 4 is 5.91 Å². The number of nitrogens with one attached hydrogen (secondary N) is 1. The summed E-state index contributed by atoms with van der Waals surface area (Å²) in [6.07, 6.45) is 2.89. The maximum atomic E-state index is 10.8. The predicted octanol–water partition coefficient (Wildman–Crippen LogP) is -0.719. The molecule has 0 unspecified atom stereocenters. The highest BCUT2D eigenvalue weighted by molar-refractivity contribution is 5.84. The summed E-state index contributed by atoms with van der Waals surface area (Å²) < 4.78 is 0. The minimum Gasteiger partial charge on any atom is -0.380 e. The first-order chi connectivity index (χ1) is 4.69. The van der Waals surface area contributed by atoms with Crippen LogP contribution in [0.5, 0.6) is 0 Å². The SMILES string of the molecule is NNC(=O)C1(O)CCCC1. The van der Waals surface area contributed by atoms with Crippen LogP contribution in [0.4, 0.5) is 0 Å². The first kappa shape index (κ1) is 7.50. The van der Waals surface area contributed by atoms with E-state index in [1.807, 2.05) is 5.43 Å². The molecule has 4 N–H and O–H groups in total. The molecule has 0 spiro atoms. The highest BCUT2D eigenvalue weighted by Crippen LogP contribution is 2.28. The molecule has 0 atom stereocenters. The van der Waals surface area contributed by atoms with Gasteiger partial charge in [0.15, 0.2) is 0 Å². The number of hydrazine groups is 1. The van der Waals surface area contributed by atoms with Crippen molar-refractivity contribution in [3.8, 4) is 0 Å². The highest BCUT2D eigenvalue weighted by Gasteiger charge is 2.38. The van der Waals surface area contributed by atoms with Gasteiger partial charge in [-0.2, -0.15) is 0 Å². The molecule has 0 heterocycles. The lowest BCUT2D eigenvalue weighted by Gasteiger charge is -2.18. The highest BCUT2D eigenvalue weighted by atomic mass is 16.3. The van der Waals surface area contributed by atoms with Crippen LogP contribution in [-0.2, 0) is 4.79 Å². The average molecular weight is 144 g/mol. The molecular formula is C6H12N2O2. The van der Waals surface area contributed by atoms with Crippen LogP contribution in [0.1, 0.15) is 25.7 Å². The molecule has 1 saturated carbocycles. The van der Waals surface area contributed by atoms with Crippen LogP contribution in [0.15, 0.2) is 0 Å². The van der Waals surface area contributed by atoms with Gasteiger partial charge in [0.1, 0.15) is 5.60 Å². The molecule has 1 aliphatic rings. The smallest absolute Gasteiger partial charge is 0.265 e. The standard InChI is InChI=1S/C6H12N2O2/c7-8-5(9)6(10)3-1-2-4-6/h10H,1-4,7H2,(H,8,9). The number of hydrogen-bond donors (Lipinski definition) is 3. The molecule has 1 rings (SSSR count). The van der Waals surface area contributed by atoms with Crippen LogP contribution in [-0.4, -0.2) is 16.6 Å². The van der Waals surface area contributed by atoms with Crippen LogP contribution in [0.3, 0.4) is 0 Å². The van der Waals surface area contributed by atoms with E-state index >= 15 is 0 Å². The van der Waals surface area contributed by atoms with Crippen molar-refractivity contribution in [2.45, 2.75) is 31.3 Å². The van der Waals surface area contributed by atoms with Crippen LogP contribution < -0.4 is 11.3 Å². The Morgan fingerprint density at radius 1 is 1.50 bits per heavy atom. The van der Waals surface area contributed by atoms with E-state index in [-0.39, 0.29) is 0 Å². The quantitative estimate of drug-likeness (QED) is 0.258. The molecular weight excluding hydrogens is 132 g/mol. The molecule has 0 saturated heterocycles. The van der Waals surface area contributed by atoms with Crippen molar-refractivity contribution in [2.24, 2.45) is 5.84 Å². The van der Waals surface area contributed by atoms with Crippen molar-refractivity contribution in [3.63, 3.8) is 0 Å². The summed E-state index contributed by atoms with van der Waals surface area (Å²) in [5.74, 6) is 4.42. The molecule has 0 aromatic carbocycles. The van der Waals surface area contributed by atoms with Gasteiger partial charge in [-0.25, -0.2) is 5.84 Å². The summed E-state index contributed by atoms with van der Waals surface area (Å²) in [6, 6.07) is 0.